The van der Waals surface area contributed by atoms with E-state index in [0.29, 0.717) is 0 Å². The van der Waals surface area contributed by atoms with Crippen molar-refractivity contribution in [2.45, 2.75) is 42.7 Å². The number of Topliss-reactive ketones (excluding diaryl/α,β-unsaturated/α-hetero) is 1. The molecule has 0 amide bonds. The molecule has 138 valence electrons. The minimum atomic E-state index is -2.38. The van der Waals surface area contributed by atoms with Crippen LogP contribution in [0.5, 0.6) is 0 Å². The summed E-state index contributed by atoms with van der Waals surface area (Å²) in [6, 6.07) is 0. The van der Waals surface area contributed by atoms with Gasteiger partial charge in [-0.05, 0) is 0 Å². The Bertz CT molecular complexity index is 479. The predicted molar refractivity (Wildman–Crippen MR) is 69.0 cm³/mol. The maximum atomic E-state index is 11.5. The smallest absolute Gasteiger partial charge is 0.377 e. The topological polar surface area (TPSA) is 211 Å². The van der Waals surface area contributed by atoms with Crippen molar-refractivity contribution in [2.75, 3.05) is 13.2 Å². The van der Waals surface area contributed by atoms with Gasteiger partial charge in [0.25, 0.3) is 5.78 Å². The normalized spacial score (nSPS) is 30.9. The van der Waals surface area contributed by atoms with Crippen LogP contribution in [0.15, 0.2) is 0 Å². The van der Waals surface area contributed by atoms with Crippen LogP contribution in [-0.2, 0) is 23.9 Å². The first-order chi connectivity index (χ1) is 11.1. The van der Waals surface area contributed by atoms with Crippen molar-refractivity contribution < 1.29 is 59.6 Å². The SMILES string of the molecule is O=C(OCC1OC(=O)C(O)C(O)C1O)C(=O)C(O)C(O)C(O)CO. The van der Waals surface area contributed by atoms with Crippen LogP contribution in [0.1, 0.15) is 0 Å². The molecule has 0 spiro atoms. The van der Waals surface area contributed by atoms with E-state index in [2.05, 4.69) is 9.47 Å². The number of cyclic esters (lactones) is 1. The van der Waals surface area contributed by atoms with E-state index in [0.717, 1.165) is 0 Å². The van der Waals surface area contributed by atoms with Gasteiger partial charge in [-0.3, -0.25) is 4.79 Å². The number of aliphatic hydroxyl groups is 7. The summed E-state index contributed by atoms with van der Waals surface area (Å²) < 4.78 is 8.90. The van der Waals surface area contributed by atoms with Gasteiger partial charge in [0.15, 0.2) is 18.3 Å². The Labute approximate surface area is 134 Å². The van der Waals surface area contributed by atoms with Crippen LogP contribution in [0.25, 0.3) is 0 Å². The predicted octanol–water partition coefficient (Wildman–Crippen LogP) is -5.82. The lowest BCUT2D eigenvalue weighted by Crippen LogP contribution is -2.57. The molecular formula is C12H18O12. The fourth-order valence-corrected chi connectivity index (χ4v) is 1.79. The first kappa shape index (κ1) is 20.4. The Balaban J connectivity index is 2.59. The molecule has 0 aromatic heterocycles. The largest absolute Gasteiger partial charge is 0.456 e. The molecule has 0 saturated carbocycles. The van der Waals surface area contributed by atoms with Crippen molar-refractivity contribution >= 4 is 17.7 Å². The molecule has 0 aliphatic carbocycles. The fourth-order valence-electron chi connectivity index (χ4n) is 1.79. The van der Waals surface area contributed by atoms with Gasteiger partial charge >= 0.3 is 11.9 Å². The summed E-state index contributed by atoms with van der Waals surface area (Å²) >= 11 is 0. The number of ketones is 1. The molecule has 7 N–H and O–H groups in total. The molecule has 0 radical (unpaired) electrons. The molecule has 1 fully saturated rings. The van der Waals surface area contributed by atoms with Crippen LogP contribution < -0.4 is 0 Å². The third kappa shape index (κ3) is 4.45. The van der Waals surface area contributed by atoms with Gasteiger partial charge in [-0.15, -0.1) is 0 Å². The Morgan fingerprint density at radius 2 is 1.71 bits per heavy atom. The van der Waals surface area contributed by atoms with E-state index in [-0.39, 0.29) is 0 Å². The highest BCUT2D eigenvalue weighted by molar-refractivity contribution is 6.35. The zero-order valence-corrected chi connectivity index (χ0v) is 12.1. The summed E-state index contributed by atoms with van der Waals surface area (Å²) in [5, 5.41) is 64.4. The van der Waals surface area contributed by atoms with E-state index >= 15 is 0 Å². The molecule has 12 heteroatoms. The summed E-state index contributed by atoms with van der Waals surface area (Å²) in [7, 11) is 0. The summed E-state index contributed by atoms with van der Waals surface area (Å²) in [5.74, 6) is -4.62. The molecule has 1 aliphatic heterocycles. The first-order valence-electron chi connectivity index (χ1n) is 6.72. The average Bonchev–Trinajstić information content (AvgIpc) is 2.58. The Morgan fingerprint density at radius 1 is 1.12 bits per heavy atom. The Morgan fingerprint density at radius 3 is 2.25 bits per heavy atom. The highest BCUT2D eigenvalue weighted by atomic mass is 16.6. The van der Waals surface area contributed by atoms with Crippen molar-refractivity contribution in [2.24, 2.45) is 0 Å². The standard InChI is InChI=1S/C12H18O12/c13-1-3(14)5(15)7(17)9(19)11(21)23-2-4-6(16)8(18)10(20)12(22)24-4/h3-8,10,13-18,20H,1-2H2. The lowest BCUT2D eigenvalue weighted by Gasteiger charge is -2.33. The van der Waals surface area contributed by atoms with Gasteiger partial charge in [-0.25, -0.2) is 9.59 Å². The summed E-state index contributed by atoms with van der Waals surface area (Å²) in [6.45, 7) is -1.86. The van der Waals surface area contributed by atoms with Crippen molar-refractivity contribution in [1.82, 2.24) is 0 Å². The van der Waals surface area contributed by atoms with E-state index in [1.165, 1.54) is 0 Å². The molecule has 1 rings (SSSR count). The van der Waals surface area contributed by atoms with Crippen molar-refractivity contribution in [3.8, 4) is 0 Å². The average molecular weight is 354 g/mol. The minimum absolute atomic E-state index is 0.882. The van der Waals surface area contributed by atoms with Crippen molar-refractivity contribution in [1.29, 1.82) is 0 Å². The molecule has 7 unspecified atom stereocenters. The Hall–Kier alpha value is -1.67. The first-order valence-corrected chi connectivity index (χ1v) is 6.72. The van der Waals surface area contributed by atoms with E-state index in [1.807, 2.05) is 0 Å². The van der Waals surface area contributed by atoms with Gasteiger partial charge < -0.3 is 45.2 Å². The van der Waals surface area contributed by atoms with Gasteiger partial charge in [0.1, 0.15) is 31.0 Å². The molecule has 1 aliphatic rings. The third-order valence-corrected chi connectivity index (χ3v) is 3.32. The third-order valence-electron chi connectivity index (χ3n) is 3.32. The number of hydrogen-bond acceptors (Lipinski definition) is 12. The lowest BCUT2D eigenvalue weighted by atomic mass is 10.00. The monoisotopic (exact) mass is 354 g/mol. The summed E-state index contributed by atoms with van der Waals surface area (Å²) in [6.07, 6.45) is -13.7. The van der Waals surface area contributed by atoms with E-state index in [4.69, 9.17) is 15.3 Å². The molecule has 12 nitrogen and oxygen atoms in total. The zero-order chi connectivity index (χ0) is 18.6. The Kier molecular flexibility index (Phi) is 7.16. The zero-order valence-electron chi connectivity index (χ0n) is 12.1. The number of carbonyl (C=O) groups excluding carboxylic acids is 3. The number of esters is 2. The molecule has 1 saturated heterocycles. The van der Waals surface area contributed by atoms with Crippen LogP contribution in [0.3, 0.4) is 0 Å². The summed E-state index contributed by atoms with van der Waals surface area (Å²) in [5.41, 5.74) is 0. The second-order valence-electron chi connectivity index (χ2n) is 5.05. The lowest BCUT2D eigenvalue weighted by molar-refractivity contribution is -0.209. The quantitative estimate of drug-likeness (QED) is 0.168. The summed E-state index contributed by atoms with van der Waals surface area (Å²) in [4.78, 5) is 34.1. The van der Waals surface area contributed by atoms with Crippen LogP contribution in [0.2, 0.25) is 0 Å². The van der Waals surface area contributed by atoms with E-state index < -0.39 is 73.7 Å². The number of carbonyl (C=O) groups is 3. The second-order valence-corrected chi connectivity index (χ2v) is 5.05. The van der Waals surface area contributed by atoms with Gasteiger partial charge in [0.05, 0.1) is 6.61 Å². The molecule has 0 bridgehead atoms. The molecular weight excluding hydrogens is 336 g/mol. The molecule has 1 heterocycles. The van der Waals surface area contributed by atoms with E-state index in [9.17, 15) is 34.8 Å². The molecule has 0 aromatic carbocycles. The number of aliphatic hydroxyl groups excluding tert-OH is 7. The molecule has 24 heavy (non-hydrogen) atoms. The highest BCUT2D eigenvalue weighted by Crippen LogP contribution is 2.17. The fraction of sp³-hybridized carbons (Fsp3) is 0.750. The van der Waals surface area contributed by atoms with Gasteiger partial charge in [0.2, 0.25) is 0 Å². The maximum absolute atomic E-state index is 11.5. The van der Waals surface area contributed by atoms with Crippen molar-refractivity contribution in [3.63, 3.8) is 0 Å². The van der Waals surface area contributed by atoms with E-state index in [1.54, 1.807) is 0 Å². The van der Waals surface area contributed by atoms with Gasteiger partial charge in [0, 0.05) is 0 Å². The van der Waals surface area contributed by atoms with Gasteiger partial charge in [-0.1, -0.05) is 0 Å². The van der Waals surface area contributed by atoms with Crippen molar-refractivity contribution in [3.05, 3.63) is 0 Å². The van der Waals surface area contributed by atoms with Crippen LogP contribution >= 0.6 is 0 Å². The van der Waals surface area contributed by atoms with Crippen LogP contribution in [0.4, 0.5) is 0 Å². The van der Waals surface area contributed by atoms with Gasteiger partial charge in [-0.2, -0.15) is 0 Å². The van der Waals surface area contributed by atoms with Crippen LogP contribution in [-0.4, -0.2) is 109 Å². The number of hydrogen-bond donors (Lipinski definition) is 7. The van der Waals surface area contributed by atoms with Crippen LogP contribution in [0, 0.1) is 0 Å². The number of ether oxygens (including phenoxy) is 2. The highest BCUT2D eigenvalue weighted by Gasteiger charge is 2.44. The molecule has 0 aromatic rings. The minimum Gasteiger partial charge on any atom is -0.456 e. The molecule has 7 atom stereocenters. The number of rotatable bonds is 7. The maximum Gasteiger partial charge on any atom is 0.377 e. The second kappa shape index (κ2) is 8.43.